The minimum Gasteiger partial charge on any atom is -0.497 e. The molecule has 4 aliphatic rings. The van der Waals surface area contributed by atoms with Gasteiger partial charge in [-0.05, 0) is 61.3 Å². The summed E-state index contributed by atoms with van der Waals surface area (Å²) >= 11 is 0. The van der Waals surface area contributed by atoms with Crippen LogP contribution in [0.5, 0.6) is 11.5 Å². The van der Waals surface area contributed by atoms with Crippen LogP contribution in [0, 0.1) is 17.8 Å². The number of methoxy groups -OCH3 is 2. The van der Waals surface area contributed by atoms with Crippen LogP contribution in [0.3, 0.4) is 0 Å². The molecule has 6 rings (SSSR count). The highest BCUT2D eigenvalue weighted by atomic mass is 16.5. The normalized spacial score (nSPS) is 34.6. The highest BCUT2D eigenvalue weighted by molar-refractivity contribution is 6.09. The van der Waals surface area contributed by atoms with E-state index >= 15 is 0 Å². The van der Waals surface area contributed by atoms with Crippen LogP contribution in [0.2, 0.25) is 0 Å². The van der Waals surface area contributed by atoms with Crippen molar-refractivity contribution in [3.8, 4) is 11.5 Å². The topological polar surface area (TPSA) is 109 Å². The second-order valence-corrected chi connectivity index (χ2v) is 9.35. The molecule has 2 aliphatic heterocycles. The van der Waals surface area contributed by atoms with Gasteiger partial charge in [0.25, 0.3) is 0 Å². The van der Waals surface area contributed by atoms with Crippen LogP contribution in [0.25, 0.3) is 0 Å². The Morgan fingerprint density at radius 3 is 2.91 bits per heavy atom. The van der Waals surface area contributed by atoms with E-state index in [1.807, 2.05) is 18.2 Å². The van der Waals surface area contributed by atoms with Crippen LogP contribution < -0.4 is 31.0 Å². The highest BCUT2D eigenvalue weighted by Gasteiger charge is 2.67. The lowest BCUT2D eigenvalue weighted by atomic mass is 9.74. The average molecular weight is 437 g/mol. The number of fused-ring (bicyclic) bond motifs is 3. The molecule has 1 spiro atoms. The second-order valence-electron chi connectivity index (χ2n) is 9.35. The number of hydrazine groups is 1. The molecule has 1 aromatic heterocycles. The number of anilines is 2. The fourth-order valence-electron chi connectivity index (χ4n) is 6.25. The minimum absolute atomic E-state index is 0.0551. The molecule has 4 unspecified atom stereocenters. The maximum atomic E-state index is 13.0. The van der Waals surface area contributed by atoms with Gasteiger partial charge in [-0.1, -0.05) is 0 Å². The van der Waals surface area contributed by atoms with Gasteiger partial charge in [0, 0.05) is 23.7 Å². The molecule has 1 amide bonds. The Morgan fingerprint density at radius 1 is 1.16 bits per heavy atom. The van der Waals surface area contributed by atoms with E-state index in [0.29, 0.717) is 35.4 Å². The number of hydrogen-bond donors (Lipinski definition) is 4. The lowest BCUT2D eigenvalue weighted by Crippen LogP contribution is -2.39. The predicted octanol–water partition coefficient (Wildman–Crippen LogP) is 2.03. The molecular formula is C23H28N6O3. The van der Waals surface area contributed by atoms with Crippen molar-refractivity contribution >= 4 is 17.4 Å². The molecule has 2 aromatic rings. The zero-order chi connectivity index (χ0) is 21.9. The van der Waals surface area contributed by atoms with Crippen LogP contribution in [0.1, 0.15) is 31.2 Å². The fourth-order valence-corrected chi connectivity index (χ4v) is 6.25. The summed E-state index contributed by atoms with van der Waals surface area (Å²) in [6.45, 7) is 0. The van der Waals surface area contributed by atoms with Crippen LogP contribution >= 0.6 is 0 Å². The maximum Gasteiger partial charge on any atom is 0.235 e. The molecule has 4 N–H and O–H groups in total. The van der Waals surface area contributed by atoms with E-state index in [-0.39, 0.29) is 17.5 Å². The van der Waals surface area contributed by atoms with Crippen molar-refractivity contribution < 1.29 is 14.3 Å². The largest absolute Gasteiger partial charge is 0.497 e. The zero-order valence-corrected chi connectivity index (χ0v) is 18.2. The molecule has 0 radical (unpaired) electrons. The Balaban J connectivity index is 1.16. The number of nitrogens with one attached hydrogen (secondary N) is 4. The second kappa shape index (κ2) is 7.31. The van der Waals surface area contributed by atoms with Crippen molar-refractivity contribution in [2.45, 2.75) is 43.3 Å². The van der Waals surface area contributed by atoms with Gasteiger partial charge in [-0.2, -0.15) is 5.10 Å². The molecule has 3 heterocycles. The molecule has 9 heteroatoms. The molecule has 1 saturated heterocycles. The van der Waals surface area contributed by atoms with E-state index in [9.17, 15) is 4.79 Å². The van der Waals surface area contributed by atoms with E-state index in [4.69, 9.17) is 9.47 Å². The van der Waals surface area contributed by atoms with E-state index in [1.54, 1.807) is 26.5 Å². The average Bonchev–Trinajstić information content (AvgIpc) is 3.38. The molecule has 6 atom stereocenters. The number of benzene rings is 1. The van der Waals surface area contributed by atoms with Gasteiger partial charge in [-0.3, -0.25) is 10.2 Å². The lowest BCUT2D eigenvalue weighted by molar-refractivity contribution is -0.118. The molecule has 2 saturated carbocycles. The van der Waals surface area contributed by atoms with Gasteiger partial charge in [-0.15, -0.1) is 5.10 Å². The summed E-state index contributed by atoms with van der Waals surface area (Å²) in [6, 6.07) is 8.07. The Kier molecular flexibility index (Phi) is 4.51. The summed E-state index contributed by atoms with van der Waals surface area (Å²) < 4.78 is 10.8. The summed E-state index contributed by atoms with van der Waals surface area (Å²) in [5.74, 6) is 3.61. The molecule has 32 heavy (non-hydrogen) atoms. The monoisotopic (exact) mass is 436 g/mol. The highest BCUT2D eigenvalue weighted by Crippen LogP contribution is 2.65. The predicted molar refractivity (Wildman–Crippen MR) is 118 cm³/mol. The van der Waals surface area contributed by atoms with Crippen molar-refractivity contribution in [3.05, 3.63) is 36.0 Å². The number of carbonyl (C=O) groups excluding carboxylic acids is 1. The molecular weight excluding hydrogens is 408 g/mol. The van der Waals surface area contributed by atoms with Gasteiger partial charge in [0.05, 0.1) is 32.0 Å². The van der Waals surface area contributed by atoms with Crippen LogP contribution in [-0.2, 0) is 10.2 Å². The Bertz CT molecular complexity index is 1060. The lowest BCUT2D eigenvalue weighted by Gasteiger charge is -2.34. The molecule has 9 nitrogen and oxygen atoms in total. The Hall–Kier alpha value is -2.91. The van der Waals surface area contributed by atoms with Crippen molar-refractivity contribution in [2.24, 2.45) is 17.8 Å². The SMILES string of the molecule is COc1ccc2c(c1)[C@]1(C[C@H]1C1CCC3C(C1)NNC3Nc1nnccc1OC)C(=O)N2. The van der Waals surface area contributed by atoms with Crippen LogP contribution in [0.4, 0.5) is 11.5 Å². The minimum atomic E-state index is -0.377. The standard InChI is InChI=1S/C23H28N6O3/c1-31-13-4-6-17-15(10-13)23(22(30)25-17)11-16(23)12-3-5-14-18(9-12)27-29-20(14)26-21-19(32-2)7-8-24-28-21/h4,6-8,10,12,14,16,18,20,27,29H,3,5,9,11H2,1-2H3,(H,25,30)(H,26,28)/t12?,14?,16-,18?,20?,23-/m0/s1. The zero-order valence-electron chi connectivity index (χ0n) is 18.2. The first-order chi connectivity index (χ1) is 15.6. The van der Waals surface area contributed by atoms with Crippen molar-refractivity contribution in [1.82, 2.24) is 21.0 Å². The van der Waals surface area contributed by atoms with Gasteiger partial charge >= 0.3 is 0 Å². The molecule has 168 valence electrons. The Morgan fingerprint density at radius 2 is 2.06 bits per heavy atom. The van der Waals surface area contributed by atoms with E-state index in [1.165, 1.54) is 0 Å². The van der Waals surface area contributed by atoms with E-state index in [0.717, 1.165) is 42.7 Å². The van der Waals surface area contributed by atoms with E-state index in [2.05, 4.69) is 31.7 Å². The summed E-state index contributed by atoms with van der Waals surface area (Å²) in [6.07, 6.45) is 5.84. The summed E-state index contributed by atoms with van der Waals surface area (Å²) in [7, 11) is 3.30. The molecule has 3 fully saturated rings. The number of amides is 1. The van der Waals surface area contributed by atoms with Crippen molar-refractivity contribution in [1.29, 1.82) is 0 Å². The number of ether oxygens (including phenoxy) is 2. The number of carbonyl (C=O) groups is 1. The van der Waals surface area contributed by atoms with Gasteiger partial charge in [0.15, 0.2) is 11.6 Å². The third-order valence-corrected chi connectivity index (χ3v) is 7.94. The van der Waals surface area contributed by atoms with Gasteiger partial charge in [-0.25, -0.2) is 5.43 Å². The third-order valence-electron chi connectivity index (χ3n) is 7.94. The van der Waals surface area contributed by atoms with Gasteiger partial charge < -0.3 is 20.1 Å². The number of nitrogens with zero attached hydrogens (tertiary/aromatic N) is 2. The summed E-state index contributed by atoms with van der Waals surface area (Å²) in [5, 5.41) is 14.7. The third kappa shape index (κ3) is 2.87. The van der Waals surface area contributed by atoms with Crippen LogP contribution in [-0.4, -0.2) is 42.5 Å². The summed E-state index contributed by atoms with van der Waals surface area (Å²) in [4.78, 5) is 13.0. The summed E-state index contributed by atoms with van der Waals surface area (Å²) in [5.41, 5.74) is 8.56. The first-order valence-electron chi connectivity index (χ1n) is 11.3. The van der Waals surface area contributed by atoms with Crippen molar-refractivity contribution in [2.75, 3.05) is 24.9 Å². The van der Waals surface area contributed by atoms with Gasteiger partial charge in [0.2, 0.25) is 5.91 Å². The maximum absolute atomic E-state index is 13.0. The van der Waals surface area contributed by atoms with Crippen LogP contribution in [0.15, 0.2) is 30.5 Å². The number of aromatic nitrogens is 2. The number of rotatable bonds is 5. The fraction of sp³-hybridized carbons (Fsp3) is 0.522. The quantitative estimate of drug-likeness (QED) is 0.564. The molecule has 2 aliphatic carbocycles. The van der Waals surface area contributed by atoms with Crippen molar-refractivity contribution in [3.63, 3.8) is 0 Å². The Labute approximate surface area is 186 Å². The molecule has 0 bridgehead atoms. The molecule has 1 aromatic carbocycles. The van der Waals surface area contributed by atoms with Gasteiger partial charge in [0.1, 0.15) is 5.75 Å². The smallest absolute Gasteiger partial charge is 0.235 e. The number of hydrogen-bond acceptors (Lipinski definition) is 8. The first-order valence-corrected chi connectivity index (χ1v) is 11.3. The first kappa shape index (κ1) is 19.8. The van der Waals surface area contributed by atoms with E-state index < -0.39 is 0 Å².